The van der Waals surface area contributed by atoms with Gasteiger partial charge in [0, 0.05) is 42.9 Å². The van der Waals surface area contributed by atoms with Crippen molar-refractivity contribution in [2.75, 3.05) is 11.9 Å². The van der Waals surface area contributed by atoms with Crippen LogP contribution < -0.4 is 10.6 Å². The quantitative estimate of drug-likeness (QED) is 0.581. The summed E-state index contributed by atoms with van der Waals surface area (Å²) in [6.07, 6.45) is 7.76. The summed E-state index contributed by atoms with van der Waals surface area (Å²) in [5, 5.41) is 10.0. The average molecular weight is 408 g/mol. The minimum atomic E-state index is -0.308. The number of hydrogen-bond donors (Lipinski definition) is 2. The van der Waals surface area contributed by atoms with Crippen LogP contribution in [0, 0.1) is 0 Å². The van der Waals surface area contributed by atoms with Crippen molar-refractivity contribution in [2.45, 2.75) is 32.6 Å². The van der Waals surface area contributed by atoms with Gasteiger partial charge in [-0.15, -0.1) is 0 Å². The molecule has 3 heterocycles. The Balaban J connectivity index is 1.60. The van der Waals surface area contributed by atoms with E-state index in [1.807, 2.05) is 20.8 Å². The van der Waals surface area contributed by atoms with E-state index in [9.17, 15) is 9.59 Å². The lowest BCUT2D eigenvalue weighted by molar-refractivity contribution is -0.117. The van der Waals surface area contributed by atoms with Crippen LogP contribution in [0.1, 0.15) is 38.6 Å². The van der Waals surface area contributed by atoms with E-state index in [0.29, 0.717) is 17.5 Å². The van der Waals surface area contributed by atoms with Crippen LogP contribution in [-0.4, -0.2) is 38.1 Å². The number of hydrogen-bond acceptors (Lipinski definition) is 6. The highest BCUT2D eigenvalue weighted by atomic mass is 16.3. The third kappa shape index (κ3) is 5.63. The summed E-state index contributed by atoms with van der Waals surface area (Å²) in [7, 11) is 0. The molecule has 3 rings (SSSR count). The van der Waals surface area contributed by atoms with Gasteiger partial charge in [0.1, 0.15) is 11.6 Å². The molecule has 9 heteroatoms. The summed E-state index contributed by atoms with van der Waals surface area (Å²) < 4.78 is 6.62. The van der Waals surface area contributed by atoms with Gasteiger partial charge in [-0.1, -0.05) is 20.8 Å². The Kier molecular flexibility index (Phi) is 6.41. The van der Waals surface area contributed by atoms with Crippen LogP contribution in [0.15, 0.2) is 53.4 Å². The second-order valence-electron chi connectivity index (χ2n) is 7.56. The lowest BCUT2D eigenvalue weighted by Crippen LogP contribution is -2.26. The minimum Gasteiger partial charge on any atom is -0.465 e. The van der Waals surface area contributed by atoms with Gasteiger partial charge in [-0.2, -0.15) is 9.78 Å². The van der Waals surface area contributed by atoms with Crippen molar-refractivity contribution in [3.8, 4) is 5.95 Å². The molecule has 0 atom stereocenters. The molecule has 0 aliphatic heterocycles. The standard InChI is InChI=1S/C21H24N6O3/c1-21(2,3)16-14-17(27(26-16)20-23-10-5-11-24-20)25-19(29)9-12-22-18(28)8-7-15-6-4-13-30-15/h4-8,10-11,13-14H,9,12H2,1-3H3,(H,22,28)(H,25,29)/b8-7+. The maximum atomic E-state index is 12.4. The number of amides is 2. The summed E-state index contributed by atoms with van der Waals surface area (Å²) >= 11 is 0. The molecule has 0 fully saturated rings. The first-order valence-corrected chi connectivity index (χ1v) is 9.50. The minimum absolute atomic E-state index is 0.103. The molecule has 0 saturated heterocycles. The van der Waals surface area contributed by atoms with Crippen LogP contribution in [0.3, 0.4) is 0 Å². The van der Waals surface area contributed by atoms with Crippen molar-refractivity contribution in [2.24, 2.45) is 0 Å². The molecule has 0 aliphatic carbocycles. The maximum Gasteiger partial charge on any atom is 0.252 e. The van der Waals surface area contributed by atoms with Gasteiger partial charge in [0.2, 0.25) is 11.8 Å². The zero-order chi connectivity index (χ0) is 21.6. The number of nitrogens with zero attached hydrogens (tertiary/aromatic N) is 4. The van der Waals surface area contributed by atoms with Gasteiger partial charge < -0.3 is 15.1 Å². The lowest BCUT2D eigenvalue weighted by atomic mass is 9.92. The number of aromatic nitrogens is 4. The fourth-order valence-electron chi connectivity index (χ4n) is 2.50. The van der Waals surface area contributed by atoms with Gasteiger partial charge >= 0.3 is 0 Å². The SMILES string of the molecule is CC(C)(C)c1cc(NC(=O)CCNC(=O)/C=C/c2ccco2)n(-c2ncccn2)n1. The molecule has 9 nitrogen and oxygen atoms in total. The largest absolute Gasteiger partial charge is 0.465 e. The van der Waals surface area contributed by atoms with E-state index in [4.69, 9.17) is 4.42 Å². The highest BCUT2D eigenvalue weighted by Gasteiger charge is 2.22. The van der Waals surface area contributed by atoms with Gasteiger partial charge in [0.15, 0.2) is 0 Å². The first-order valence-electron chi connectivity index (χ1n) is 9.50. The molecule has 2 amide bonds. The molecule has 0 bridgehead atoms. The van der Waals surface area contributed by atoms with Crippen LogP contribution in [0.25, 0.3) is 12.0 Å². The van der Waals surface area contributed by atoms with Crippen molar-refractivity contribution < 1.29 is 14.0 Å². The zero-order valence-corrected chi connectivity index (χ0v) is 17.1. The second kappa shape index (κ2) is 9.17. The monoisotopic (exact) mass is 408 g/mol. The number of carbonyl (C=O) groups excluding carboxylic acids is 2. The Morgan fingerprint density at radius 3 is 2.63 bits per heavy atom. The highest BCUT2D eigenvalue weighted by Crippen LogP contribution is 2.25. The molecule has 0 aliphatic rings. The summed E-state index contributed by atoms with van der Waals surface area (Å²) in [4.78, 5) is 32.6. The third-order valence-corrected chi connectivity index (χ3v) is 4.08. The number of rotatable bonds is 7. The molecule has 0 spiro atoms. The third-order valence-electron chi connectivity index (χ3n) is 4.08. The summed E-state index contributed by atoms with van der Waals surface area (Å²) in [5.41, 5.74) is 0.579. The molecule has 0 saturated carbocycles. The van der Waals surface area contributed by atoms with E-state index >= 15 is 0 Å². The van der Waals surface area contributed by atoms with Crippen LogP contribution in [0.4, 0.5) is 5.82 Å². The number of carbonyl (C=O) groups is 2. The highest BCUT2D eigenvalue weighted by molar-refractivity contribution is 5.93. The van der Waals surface area contributed by atoms with E-state index < -0.39 is 0 Å². The molecule has 3 aromatic rings. The molecule has 0 unspecified atom stereocenters. The van der Waals surface area contributed by atoms with Crippen LogP contribution in [0.5, 0.6) is 0 Å². The second-order valence-corrected chi connectivity index (χ2v) is 7.56. The Bertz CT molecular complexity index is 1020. The van der Waals surface area contributed by atoms with E-state index in [0.717, 1.165) is 5.69 Å². The number of nitrogens with one attached hydrogen (secondary N) is 2. The van der Waals surface area contributed by atoms with Gasteiger partial charge in [0.05, 0.1) is 12.0 Å². The Labute approximate surface area is 174 Å². The fraction of sp³-hybridized carbons (Fsp3) is 0.286. The predicted octanol–water partition coefficient (Wildman–Crippen LogP) is 2.71. The number of anilines is 1. The molecule has 0 aromatic carbocycles. The molecule has 156 valence electrons. The van der Waals surface area contributed by atoms with Gasteiger partial charge in [-0.25, -0.2) is 9.97 Å². The summed E-state index contributed by atoms with van der Waals surface area (Å²) in [6.45, 7) is 6.28. The smallest absolute Gasteiger partial charge is 0.252 e. The van der Waals surface area contributed by atoms with Crippen molar-refractivity contribution in [1.82, 2.24) is 25.1 Å². The lowest BCUT2D eigenvalue weighted by Gasteiger charge is -2.13. The topological polar surface area (TPSA) is 115 Å². The van der Waals surface area contributed by atoms with Gasteiger partial charge in [-0.3, -0.25) is 9.59 Å². The van der Waals surface area contributed by atoms with Crippen molar-refractivity contribution >= 4 is 23.7 Å². The van der Waals surface area contributed by atoms with Crippen LogP contribution >= 0.6 is 0 Å². The van der Waals surface area contributed by atoms with E-state index in [1.165, 1.54) is 17.0 Å². The van der Waals surface area contributed by atoms with Gasteiger partial charge in [-0.05, 0) is 24.3 Å². The molecular weight excluding hydrogens is 384 g/mol. The average Bonchev–Trinajstić information content (AvgIpc) is 3.37. The Hall–Kier alpha value is -3.75. The zero-order valence-electron chi connectivity index (χ0n) is 17.1. The molecular formula is C21H24N6O3. The van der Waals surface area contributed by atoms with Crippen LogP contribution in [0.2, 0.25) is 0 Å². The van der Waals surface area contributed by atoms with E-state index in [2.05, 4.69) is 25.7 Å². The first kappa shape index (κ1) is 21.0. The van der Waals surface area contributed by atoms with Crippen molar-refractivity contribution in [3.05, 3.63) is 60.5 Å². The van der Waals surface area contributed by atoms with Crippen LogP contribution in [-0.2, 0) is 15.0 Å². The normalized spacial score (nSPS) is 11.6. The molecule has 3 aromatic heterocycles. The van der Waals surface area contributed by atoms with Crippen molar-refractivity contribution in [1.29, 1.82) is 0 Å². The van der Waals surface area contributed by atoms with Gasteiger partial charge in [0.25, 0.3) is 5.95 Å². The Morgan fingerprint density at radius 1 is 1.20 bits per heavy atom. The van der Waals surface area contributed by atoms with Crippen molar-refractivity contribution in [3.63, 3.8) is 0 Å². The molecule has 2 N–H and O–H groups in total. The fourth-order valence-corrected chi connectivity index (χ4v) is 2.50. The first-order chi connectivity index (χ1) is 14.3. The predicted molar refractivity (Wildman–Crippen MR) is 112 cm³/mol. The maximum absolute atomic E-state index is 12.4. The molecule has 0 radical (unpaired) electrons. The molecule has 30 heavy (non-hydrogen) atoms. The van der Waals surface area contributed by atoms with E-state index in [-0.39, 0.29) is 30.2 Å². The number of furan rings is 1. The Morgan fingerprint density at radius 2 is 1.97 bits per heavy atom. The summed E-state index contributed by atoms with van der Waals surface area (Å²) in [6, 6.07) is 6.98. The summed E-state index contributed by atoms with van der Waals surface area (Å²) in [5.74, 6) is 0.841. The van der Waals surface area contributed by atoms with E-state index in [1.54, 1.807) is 42.7 Å².